The van der Waals surface area contributed by atoms with Crippen molar-refractivity contribution in [3.8, 4) is 28.8 Å². The lowest BCUT2D eigenvalue weighted by molar-refractivity contribution is 0.363. The third-order valence-electron chi connectivity index (χ3n) is 4.54. The molecule has 4 aromatic rings. The molecule has 3 aromatic heterocycles. The fourth-order valence-corrected chi connectivity index (χ4v) is 3.60. The standard InChI is InChI=1S/C23H21N5O3S.C2H6/c1-15-8-9-19(25-14-15)32(29)28-22-20(31-18-7-5-4-6-16(18)2)23(30-3)27-21(26-22)17-10-12-24-13-11-17;1-2/h4-14H,1-3H3,(H,26,27,28);1-2H3. The Bertz CT molecular complexity index is 1250. The maximum absolute atomic E-state index is 13.0. The predicted octanol–water partition coefficient (Wildman–Crippen LogP) is 5.51. The lowest BCUT2D eigenvalue weighted by Crippen LogP contribution is -2.11. The van der Waals surface area contributed by atoms with E-state index in [4.69, 9.17) is 9.47 Å². The van der Waals surface area contributed by atoms with E-state index in [-0.39, 0.29) is 17.4 Å². The van der Waals surface area contributed by atoms with E-state index in [1.165, 1.54) is 7.11 Å². The number of nitrogens with one attached hydrogen (secondary N) is 1. The summed E-state index contributed by atoms with van der Waals surface area (Å²) >= 11 is 0. The Balaban J connectivity index is 0.00000158. The van der Waals surface area contributed by atoms with Gasteiger partial charge in [-0.05, 0) is 49.2 Å². The number of hydrogen-bond acceptors (Lipinski definition) is 7. The molecule has 8 nitrogen and oxygen atoms in total. The van der Waals surface area contributed by atoms with Gasteiger partial charge in [-0.2, -0.15) is 4.98 Å². The van der Waals surface area contributed by atoms with E-state index >= 15 is 0 Å². The number of ether oxygens (including phenoxy) is 2. The number of nitrogens with zero attached hydrogens (tertiary/aromatic N) is 4. The summed E-state index contributed by atoms with van der Waals surface area (Å²) in [5.74, 6) is 1.62. The number of aryl methyl sites for hydroxylation is 2. The van der Waals surface area contributed by atoms with Crippen molar-refractivity contribution < 1.29 is 13.7 Å². The van der Waals surface area contributed by atoms with Crippen LogP contribution < -0.4 is 14.2 Å². The van der Waals surface area contributed by atoms with Gasteiger partial charge in [-0.1, -0.05) is 38.1 Å². The van der Waals surface area contributed by atoms with E-state index in [2.05, 4.69) is 24.7 Å². The van der Waals surface area contributed by atoms with E-state index in [0.717, 1.165) is 16.7 Å². The van der Waals surface area contributed by atoms with Crippen molar-refractivity contribution in [1.82, 2.24) is 19.9 Å². The highest BCUT2D eigenvalue weighted by Gasteiger charge is 2.21. The molecular formula is C25H27N5O3S. The number of methoxy groups -OCH3 is 1. The highest BCUT2D eigenvalue weighted by Crippen LogP contribution is 2.39. The van der Waals surface area contributed by atoms with Crippen molar-refractivity contribution in [3.63, 3.8) is 0 Å². The summed E-state index contributed by atoms with van der Waals surface area (Å²) in [6.45, 7) is 7.84. The number of rotatable bonds is 7. The highest BCUT2D eigenvalue weighted by molar-refractivity contribution is 7.86. The molecule has 3 heterocycles. The molecule has 0 spiro atoms. The van der Waals surface area contributed by atoms with Crippen LogP contribution in [0.25, 0.3) is 11.4 Å². The third-order valence-corrected chi connectivity index (χ3v) is 5.54. The molecule has 0 bridgehead atoms. The van der Waals surface area contributed by atoms with Crippen molar-refractivity contribution >= 4 is 16.8 Å². The van der Waals surface area contributed by atoms with Crippen molar-refractivity contribution in [3.05, 3.63) is 78.2 Å². The molecule has 34 heavy (non-hydrogen) atoms. The summed E-state index contributed by atoms with van der Waals surface area (Å²) in [6.07, 6.45) is 4.94. The first-order valence-electron chi connectivity index (χ1n) is 10.8. The van der Waals surface area contributed by atoms with Crippen LogP contribution in [0, 0.1) is 13.8 Å². The molecule has 0 aliphatic heterocycles. The molecule has 0 saturated carbocycles. The second kappa shape index (κ2) is 11.9. The van der Waals surface area contributed by atoms with Crippen LogP contribution in [0.2, 0.25) is 0 Å². The number of hydrogen-bond donors (Lipinski definition) is 1. The molecule has 0 saturated heterocycles. The summed E-state index contributed by atoms with van der Waals surface area (Å²) in [4.78, 5) is 17.4. The Labute approximate surface area is 202 Å². The Kier molecular flexibility index (Phi) is 8.64. The average molecular weight is 478 g/mol. The Morgan fingerprint density at radius 3 is 2.32 bits per heavy atom. The minimum atomic E-state index is -1.69. The number of aromatic nitrogens is 4. The molecule has 0 radical (unpaired) electrons. The second-order valence-electron chi connectivity index (χ2n) is 6.88. The van der Waals surface area contributed by atoms with Gasteiger partial charge in [-0.25, -0.2) is 14.2 Å². The van der Waals surface area contributed by atoms with E-state index < -0.39 is 11.0 Å². The number of pyridine rings is 2. The van der Waals surface area contributed by atoms with Gasteiger partial charge in [0.05, 0.1) is 7.11 Å². The van der Waals surface area contributed by atoms with E-state index in [9.17, 15) is 4.21 Å². The van der Waals surface area contributed by atoms with Crippen LogP contribution in [-0.2, 0) is 11.0 Å². The normalized spacial score (nSPS) is 11.1. The first-order valence-corrected chi connectivity index (χ1v) is 11.9. The van der Waals surface area contributed by atoms with Crippen LogP contribution in [0.3, 0.4) is 0 Å². The van der Waals surface area contributed by atoms with Crippen LogP contribution in [0.15, 0.2) is 72.1 Å². The Hall–Kier alpha value is -3.85. The average Bonchev–Trinajstić information content (AvgIpc) is 2.88. The predicted molar refractivity (Wildman–Crippen MR) is 133 cm³/mol. The van der Waals surface area contributed by atoms with Crippen molar-refractivity contribution in [2.24, 2.45) is 0 Å². The van der Waals surface area contributed by atoms with Gasteiger partial charge in [0.15, 0.2) is 22.6 Å². The number of anilines is 1. The van der Waals surface area contributed by atoms with Gasteiger partial charge in [-0.15, -0.1) is 0 Å². The molecule has 9 heteroatoms. The van der Waals surface area contributed by atoms with E-state index in [1.54, 1.807) is 36.8 Å². The summed E-state index contributed by atoms with van der Waals surface area (Å²) in [5.41, 5.74) is 2.61. The lowest BCUT2D eigenvalue weighted by atomic mass is 10.2. The fraction of sp³-hybridized carbons (Fsp3) is 0.200. The maximum Gasteiger partial charge on any atom is 0.263 e. The van der Waals surface area contributed by atoms with Crippen LogP contribution in [0.5, 0.6) is 17.4 Å². The molecule has 0 fully saturated rings. The molecule has 1 N–H and O–H groups in total. The van der Waals surface area contributed by atoms with Gasteiger partial charge in [-0.3, -0.25) is 9.71 Å². The van der Waals surface area contributed by atoms with Gasteiger partial charge in [0.25, 0.3) is 5.88 Å². The summed E-state index contributed by atoms with van der Waals surface area (Å²) in [7, 11) is -0.199. The largest absolute Gasteiger partial charge is 0.478 e. The van der Waals surface area contributed by atoms with Crippen molar-refractivity contribution in [2.45, 2.75) is 32.7 Å². The molecule has 0 amide bonds. The van der Waals surface area contributed by atoms with Gasteiger partial charge >= 0.3 is 0 Å². The van der Waals surface area contributed by atoms with Crippen molar-refractivity contribution in [1.29, 1.82) is 0 Å². The summed E-state index contributed by atoms with van der Waals surface area (Å²) in [6, 6.07) is 14.6. The minimum Gasteiger partial charge on any atom is -0.478 e. The highest BCUT2D eigenvalue weighted by atomic mass is 32.2. The van der Waals surface area contributed by atoms with Crippen LogP contribution in [0.1, 0.15) is 25.0 Å². The zero-order chi connectivity index (χ0) is 24.5. The molecule has 4 rings (SSSR count). The van der Waals surface area contributed by atoms with Crippen molar-refractivity contribution in [2.75, 3.05) is 11.8 Å². The van der Waals surface area contributed by atoms with Crippen LogP contribution >= 0.6 is 0 Å². The smallest absolute Gasteiger partial charge is 0.263 e. The lowest BCUT2D eigenvalue weighted by Gasteiger charge is -2.16. The SMILES string of the molecule is CC.COc1nc(-c2ccncc2)nc(NS(=O)c2ccc(C)cn2)c1Oc1ccccc1C. The Morgan fingerprint density at radius 2 is 1.68 bits per heavy atom. The van der Waals surface area contributed by atoms with Gasteiger partial charge in [0, 0.05) is 24.2 Å². The Morgan fingerprint density at radius 1 is 0.941 bits per heavy atom. The zero-order valence-corrected chi connectivity index (χ0v) is 20.6. The quantitative estimate of drug-likeness (QED) is 0.374. The molecule has 1 atom stereocenters. The monoisotopic (exact) mass is 477 g/mol. The molecule has 176 valence electrons. The van der Waals surface area contributed by atoms with Gasteiger partial charge < -0.3 is 9.47 Å². The van der Waals surface area contributed by atoms with Gasteiger partial charge in [0.1, 0.15) is 10.8 Å². The first kappa shape index (κ1) is 24.8. The fourth-order valence-electron chi connectivity index (χ4n) is 2.84. The number of benzene rings is 1. The molecule has 1 unspecified atom stereocenters. The number of para-hydroxylation sites is 1. The third kappa shape index (κ3) is 5.93. The summed E-state index contributed by atoms with van der Waals surface area (Å²) in [5, 5.41) is 0.362. The van der Waals surface area contributed by atoms with E-state index in [1.807, 2.05) is 58.0 Å². The molecule has 1 aromatic carbocycles. The summed E-state index contributed by atoms with van der Waals surface area (Å²) < 4.78 is 27.6. The van der Waals surface area contributed by atoms with Crippen LogP contribution in [0.4, 0.5) is 5.82 Å². The molecular weight excluding hydrogens is 450 g/mol. The molecule has 0 aliphatic rings. The zero-order valence-electron chi connectivity index (χ0n) is 19.8. The van der Waals surface area contributed by atoms with Crippen LogP contribution in [-0.4, -0.2) is 31.3 Å². The topological polar surface area (TPSA) is 99.1 Å². The first-order chi connectivity index (χ1) is 16.5. The molecule has 0 aliphatic carbocycles. The minimum absolute atomic E-state index is 0.200. The second-order valence-corrected chi connectivity index (χ2v) is 8.04. The van der Waals surface area contributed by atoms with E-state index in [0.29, 0.717) is 16.6 Å². The maximum atomic E-state index is 13.0. The van der Waals surface area contributed by atoms with Gasteiger partial charge in [0.2, 0.25) is 5.75 Å².